The van der Waals surface area contributed by atoms with Crippen molar-refractivity contribution in [1.29, 1.82) is 0 Å². The molecule has 1 aliphatic heterocycles. The third kappa shape index (κ3) is 5.23. The van der Waals surface area contributed by atoms with E-state index >= 15 is 0 Å². The number of pyridine rings is 1. The number of hydrogen-bond donors (Lipinski definition) is 2. The van der Waals surface area contributed by atoms with Crippen LogP contribution in [0.15, 0.2) is 24.5 Å². The number of hydrogen-bond acceptors (Lipinski definition) is 4. The average Bonchev–Trinajstić information content (AvgIpc) is 2.54. The van der Waals surface area contributed by atoms with Crippen molar-refractivity contribution in [3.63, 3.8) is 0 Å². The van der Waals surface area contributed by atoms with Gasteiger partial charge in [-0.05, 0) is 30.9 Å². The van der Waals surface area contributed by atoms with Gasteiger partial charge in [-0.15, -0.1) is 0 Å². The number of ether oxygens (including phenoxy) is 1. The number of amides is 2. The average molecular weight is 292 g/mol. The number of methoxy groups -OCH3 is 1. The molecule has 0 saturated carbocycles. The maximum Gasteiger partial charge on any atom is 0.314 e. The Hall–Kier alpha value is -1.82. The normalized spacial score (nSPS) is 15.8. The summed E-state index contributed by atoms with van der Waals surface area (Å²) in [6, 6.07) is 3.95. The molecule has 1 aromatic rings. The first kappa shape index (κ1) is 15.6. The monoisotopic (exact) mass is 292 g/mol. The highest BCUT2D eigenvalue weighted by Crippen LogP contribution is 2.21. The summed E-state index contributed by atoms with van der Waals surface area (Å²) in [6.07, 6.45) is 5.88. The number of rotatable bonds is 6. The van der Waals surface area contributed by atoms with E-state index in [9.17, 15) is 4.79 Å². The fraction of sp³-hybridized carbons (Fsp3) is 0.600. The van der Waals surface area contributed by atoms with Crippen LogP contribution in [0.3, 0.4) is 0 Å². The van der Waals surface area contributed by atoms with Gasteiger partial charge in [0.2, 0.25) is 0 Å². The van der Waals surface area contributed by atoms with Crippen molar-refractivity contribution in [2.45, 2.75) is 12.8 Å². The lowest BCUT2D eigenvalue weighted by Crippen LogP contribution is -2.42. The summed E-state index contributed by atoms with van der Waals surface area (Å²) in [4.78, 5) is 18.1. The highest BCUT2D eigenvalue weighted by molar-refractivity contribution is 5.73. The number of nitrogens with zero attached hydrogens (tertiary/aromatic N) is 2. The van der Waals surface area contributed by atoms with Crippen molar-refractivity contribution in [1.82, 2.24) is 15.6 Å². The molecule has 1 aliphatic rings. The molecule has 6 nitrogen and oxygen atoms in total. The van der Waals surface area contributed by atoms with Crippen LogP contribution < -0.4 is 15.5 Å². The fourth-order valence-electron chi connectivity index (χ4n) is 2.50. The number of nitrogens with one attached hydrogen (secondary N) is 2. The Balaban J connectivity index is 1.64. The molecule has 1 aromatic heterocycles. The van der Waals surface area contributed by atoms with Gasteiger partial charge in [0.1, 0.15) is 0 Å². The third-order valence-corrected chi connectivity index (χ3v) is 3.77. The van der Waals surface area contributed by atoms with Gasteiger partial charge in [-0.25, -0.2) is 4.79 Å². The molecule has 2 N–H and O–H groups in total. The highest BCUT2D eigenvalue weighted by atomic mass is 16.5. The van der Waals surface area contributed by atoms with Gasteiger partial charge in [0.15, 0.2) is 0 Å². The summed E-state index contributed by atoms with van der Waals surface area (Å²) < 4.78 is 4.89. The van der Waals surface area contributed by atoms with E-state index in [4.69, 9.17) is 4.74 Å². The predicted molar refractivity (Wildman–Crippen MR) is 82.5 cm³/mol. The number of piperidine rings is 1. The molecule has 2 heterocycles. The molecule has 1 saturated heterocycles. The number of carbonyl (C=O) groups is 1. The van der Waals surface area contributed by atoms with Crippen molar-refractivity contribution in [3.05, 3.63) is 24.5 Å². The molecule has 0 bridgehead atoms. The predicted octanol–water partition coefficient (Wildman–Crippen LogP) is 1.24. The molecule has 0 aromatic carbocycles. The minimum Gasteiger partial charge on any atom is -0.383 e. The van der Waals surface area contributed by atoms with Crippen LogP contribution in [-0.4, -0.2) is 50.9 Å². The summed E-state index contributed by atoms with van der Waals surface area (Å²) in [6.45, 7) is 3.85. The van der Waals surface area contributed by atoms with Crippen LogP contribution in [0.25, 0.3) is 0 Å². The topological polar surface area (TPSA) is 66.5 Å². The van der Waals surface area contributed by atoms with E-state index in [0.717, 1.165) is 32.5 Å². The zero-order valence-electron chi connectivity index (χ0n) is 12.5. The van der Waals surface area contributed by atoms with Crippen LogP contribution in [0.4, 0.5) is 10.5 Å². The molecule has 0 radical (unpaired) electrons. The summed E-state index contributed by atoms with van der Waals surface area (Å²) >= 11 is 0. The van der Waals surface area contributed by atoms with E-state index in [1.54, 1.807) is 13.3 Å². The van der Waals surface area contributed by atoms with Crippen molar-refractivity contribution in [2.75, 3.05) is 44.8 Å². The minimum atomic E-state index is -0.110. The van der Waals surface area contributed by atoms with Gasteiger partial charge in [-0.1, -0.05) is 0 Å². The van der Waals surface area contributed by atoms with E-state index in [2.05, 4.69) is 26.6 Å². The van der Waals surface area contributed by atoms with Gasteiger partial charge in [-0.3, -0.25) is 4.98 Å². The van der Waals surface area contributed by atoms with Crippen molar-refractivity contribution in [3.8, 4) is 0 Å². The van der Waals surface area contributed by atoms with E-state index in [1.165, 1.54) is 5.69 Å². The quantitative estimate of drug-likeness (QED) is 0.774. The van der Waals surface area contributed by atoms with Crippen molar-refractivity contribution in [2.24, 2.45) is 5.92 Å². The Morgan fingerprint density at radius 1 is 1.43 bits per heavy atom. The summed E-state index contributed by atoms with van der Waals surface area (Å²) in [5, 5.41) is 5.69. The molecule has 2 rings (SSSR count). The van der Waals surface area contributed by atoms with Gasteiger partial charge < -0.3 is 20.3 Å². The van der Waals surface area contributed by atoms with Crippen molar-refractivity contribution < 1.29 is 9.53 Å². The van der Waals surface area contributed by atoms with Crippen LogP contribution in [-0.2, 0) is 4.74 Å². The maximum atomic E-state index is 11.5. The van der Waals surface area contributed by atoms with E-state index in [-0.39, 0.29) is 6.03 Å². The van der Waals surface area contributed by atoms with E-state index in [0.29, 0.717) is 19.1 Å². The maximum absolute atomic E-state index is 11.5. The van der Waals surface area contributed by atoms with Gasteiger partial charge in [-0.2, -0.15) is 0 Å². The highest BCUT2D eigenvalue weighted by Gasteiger charge is 2.19. The Kier molecular flexibility index (Phi) is 6.27. The number of aromatic nitrogens is 1. The third-order valence-electron chi connectivity index (χ3n) is 3.77. The van der Waals surface area contributed by atoms with E-state index < -0.39 is 0 Å². The molecular formula is C15H24N4O2. The molecule has 0 spiro atoms. The second-order valence-electron chi connectivity index (χ2n) is 5.27. The van der Waals surface area contributed by atoms with Gasteiger partial charge >= 0.3 is 6.03 Å². The van der Waals surface area contributed by atoms with Crippen LogP contribution in [0.5, 0.6) is 0 Å². The van der Waals surface area contributed by atoms with Gasteiger partial charge in [0.05, 0.1) is 18.5 Å². The lowest BCUT2D eigenvalue weighted by Gasteiger charge is -2.33. The van der Waals surface area contributed by atoms with Crippen LogP contribution in [0.2, 0.25) is 0 Å². The Bertz CT molecular complexity index is 419. The SMILES string of the molecule is COCCNC(=O)NCC1CCN(c2cccnc2)CC1. The molecule has 2 amide bonds. The molecular weight excluding hydrogens is 268 g/mol. The zero-order chi connectivity index (χ0) is 14.9. The van der Waals surface area contributed by atoms with E-state index in [1.807, 2.05) is 12.3 Å². The summed E-state index contributed by atoms with van der Waals surface area (Å²) in [7, 11) is 1.62. The molecule has 0 aliphatic carbocycles. The Morgan fingerprint density at radius 2 is 2.24 bits per heavy atom. The lowest BCUT2D eigenvalue weighted by atomic mass is 9.96. The van der Waals surface area contributed by atoms with Gasteiger partial charge in [0.25, 0.3) is 0 Å². The first-order chi connectivity index (χ1) is 10.3. The first-order valence-corrected chi connectivity index (χ1v) is 7.45. The molecule has 0 unspecified atom stereocenters. The molecule has 116 valence electrons. The van der Waals surface area contributed by atoms with Crippen molar-refractivity contribution >= 4 is 11.7 Å². The molecule has 0 atom stereocenters. The molecule has 21 heavy (non-hydrogen) atoms. The first-order valence-electron chi connectivity index (χ1n) is 7.45. The Morgan fingerprint density at radius 3 is 2.90 bits per heavy atom. The minimum absolute atomic E-state index is 0.110. The van der Waals surface area contributed by atoms with Crippen LogP contribution in [0, 0.1) is 5.92 Å². The standard InChI is InChI=1S/C15H24N4O2/c1-21-10-7-17-15(20)18-11-13-4-8-19(9-5-13)14-3-2-6-16-12-14/h2-3,6,12-13H,4-5,7-11H2,1H3,(H2,17,18,20). The summed E-state index contributed by atoms with van der Waals surface area (Å²) in [5.74, 6) is 0.547. The Labute approximate surface area is 125 Å². The molecule has 6 heteroatoms. The van der Waals surface area contributed by atoms with Crippen LogP contribution in [0.1, 0.15) is 12.8 Å². The number of anilines is 1. The smallest absolute Gasteiger partial charge is 0.314 e. The molecule has 1 fully saturated rings. The summed E-state index contributed by atoms with van der Waals surface area (Å²) in [5.41, 5.74) is 1.18. The second kappa shape index (κ2) is 8.46. The zero-order valence-corrected chi connectivity index (χ0v) is 12.5. The fourth-order valence-corrected chi connectivity index (χ4v) is 2.50. The lowest BCUT2D eigenvalue weighted by molar-refractivity contribution is 0.195. The van der Waals surface area contributed by atoms with Gasteiger partial charge in [0, 0.05) is 39.5 Å². The largest absolute Gasteiger partial charge is 0.383 e. The van der Waals surface area contributed by atoms with Crippen LogP contribution >= 0.6 is 0 Å². The second-order valence-corrected chi connectivity index (χ2v) is 5.27. The number of urea groups is 1. The number of carbonyl (C=O) groups excluding carboxylic acids is 1.